The Hall–Kier alpha value is -0.990. The van der Waals surface area contributed by atoms with Crippen LogP contribution in [0.15, 0.2) is 11.3 Å². The number of hydrogen-bond donors (Lipinski definition) is 1. The molecule has 0 spiro atoms. The van der Waals surface area contributed by atoms with E-state index in [4.69, 9.17) is 4.74 Å². The maximum absolute atomic E-state index is 11.6. The second-order valence-electron chi connectivity index (χ2n) is 8.67. The van der Waals surface area contributed by atoms with Crippen LogP contribution in [0.4, 0.5) is 0 Å². The van der Waals surface area contributed by atoms with Crippen molar-refractivity contribution in [3.63, 3.8) is 0 Å². The monoisotopic (exact) mass is 292 g/mol. The highest BCUT2D eigenvalue weighted by atomic mass is 16.5. The maximum Gasteiger partial charge on any atom is 0.334 e. The van der Waals surface area contributed by atoms with Crippen LogP contribution in [-0.2, 0) is 9.53 Å². The molecule has 4 aliphatic rings. The van der Waals surface area contributed by atoms with Gasteiger partial charge in [-0.2, -0.15) is 0 Å². The first-order chi connectivity index (χ1) is 9.68. The molecule has 4 aliphatic carbocycles. The van der Waals surface area contributed by atoms with Crippen LogP contribution < -0.4 is 0 Å². The third-order valence-corrected chi connectivity index (χ3v) is 5.59. The molecule has 4 bridgehead atoms. The first-order valence-corrected chi connectivity index (χ1v) is 8.32. The van der Waals surface area contributed by atoms with Crippen molar-refractivity contribution < 1.29 is 14.6 Å². The lowest BCUT2D eigenvalue weighted by Crippen LogP contribution is -2.48. The number of carboxylic acids is 1. The number of hydrogen-bond acceptors (Lipinski definition) is 2. The van der Waals surface area contributed by atoms with Gasteiger partial charge >= 0.3 is 5.97 Å². The second-order valence-corrected chi connectivity index (χ2v) is 8.67. The van der Waals surface area contributed by atoms with Crippen molar-refractivity contribution in [3.05, 3.63) is 11.3 Å². The Balaban J connectivity index is 2.00. The standard InChI is InChI=1S/C18H28O3/c1-11(16(19)20)15(21-17(2,3)4)18-8-12-5-13(9-18)7-14(6-12)10-18/h12-14H,5-10H2,1-4H3,(H,19,20). The average molecular weight is 292 g/mol. The molecule has 3 nitrogen and oxygen atoms in total. The molecule has 4 saturated carbocycles. The highest BCUT2D eigenvalue weighted by Crippen LogP contribution is 2.63. The van der Waals surface area contributed by atoms with Gasteiger partial charge in [-0.25, -0.2) is 4.79 Å². The SMILES string of the molecule is CC(C(=O)O)=C(OC(C)(C)C)C12CC3CC(CC(C3)C1)C2. The highest BCUT2D eigenvalue weighted by molar-refractivity contribution is 5.86. The molecular weight excluding hydrogens is 264 g/mol. The minimum Gasteiger partial charge on any atom is -0.491 e. The maximum atomic E-state index is 11.6. The molecule has 0 amide bonds. The first-order valence-electron chi connectivity index (χ1n) is 8.32. The molecule has 0 aliphatic heterocycles. The van der Waals surface area contributed by atoms with Crippen molar-refractivity contribution in [3.8, 4) is 0 Å². The Morgan fingerprint density at radius 1 is 1.05 bits per heavy atom. The van der Waals surface area contributed by atoms with Crippen molar-refractivity contribution in [2.45, 2.75) is 71.8 Å². The van der Waals surface area contributed by atoms with Gasteiger partial charge in [-0.05, 0) is 84.0 Å². The summed E-state index contributed by atoms with van der Waals surface area (Å²) in [5.74, 6) is 2.33. The molecule has 4 fully saturated rings. The van der Waals surface area contributed by atoms with Gasteiger partial charge in [0.2, 0.25) is 0 Å². The molecule has 1 N–H and O–H groups in total. The fraction of sp³-hybridized carbons (Fsp3) is 0.833. The Labute approximate surface area is 127 Å². The fourth-order valence-corrected chi connectivity index (χ4v) is 5.37. The summed E-state index contributed by atoms with van der Waals surface area (Å²) < 4.78 is 6.24. The largest absolute Gasteiger partial charge is 0.491 e. The summed E-state index contributed by atoms with van der Waals surface area (Å²) in [4.78, 5) is 11.6. The molecule has 3 heteroatoms. The minimum absolute atomic E-state index is 0.00447. The number of carboxylic acid groups (broad SMARTS) is 1. The average Bonchev–Trinajstić information content (AvgIpc) is 2.32. The number of ether oxygens (including phenoxy) is 1. The second kappa shape index (κ2) is 4.76. The number of carbonyl (C=O) groups is 1. The van der Waals surface area contributed by atoms with E-state index in [1.165, 1.54) is 19.3 Å². The van der Waals surface area contributed by atoms with Crippen molar-refractivity contribution in [1.29, 1.82) is 0 Å². The third kappa shape index (κ3) is 2.72. The van der Waals surface area contributed by atoms with Crippen LogP contribution in [0, 0.1) is 23.2 Å². The molecule has 4 rings (SSSR count). The van der Waals surface area contributed by atoms with E-state index in [0.29, 0.717) is 5.57 Å². The number of allylic oxidation sites excluding steroid dienone is 1. The Morgan fingerprint density at radius 3 is 1.81 bits per heavy atom. The van der Waals surface area contributed by atoms with Gasteiger partial charge in [0.25, 0.3) is 0 Å². The van der Waals surface area contributed by atoms with Gasteiger partial charge < -0.3 is 9.84 Å². The normalized spacial score (nSPS) is 39.1. The van der Waals surface area contributed by atoms with Crippen LogP contribution in [0.25, 0.3) is 0 Å². The van der Waals surface area contributed by atoms with E-state index in [2.05, 4.69) is 0 Å². The summed E-state index contributed by atoms with van der Waals surface area (Å²) in [5, 5.41) is 9.51. The quantitative estimate of drug-likeness (QED) is 0.620. The Bertz CT molecular complexity index is 446. The van der Waals surface area contributed by atoms with E-state index in [9.17, 15) is 9.90 Å². The van der Waals surface area contributed by atoms with Gasteiger partial charge in [-0.1, -0.05) is 0 Å². The predicted octanol–water partition coefficient (Wildman–Crippen LogP) is 4.38. The van der Waals surface area contributed by atoms with Gasteiger partial charge in [0.15, 0.2) is 0 Å². The Kier molecular flexibility index (Phi) is 3.38. The van der Waals surface area contributed by atoms with Gasteiger partial charge in [-0.3, -0.25) is 0 Å². The summed E-state index contributed by atoms with van der Waals surface area (Å²) in [7, 11) is 0. The Morgan fingerprint density at radius 2 is 1.48 bits per heavy atom. The summed E-state index contributed by atoms with van der Waals surface area (Å²) in [6.45, 7) is 7.77. The van der Waals surface area contributed by atoms with Gasteiger partial charge in [-0.15, -0.1) is 0 Å². The molecule has 0 aromatic rings. The topological polar surface area (TPSA) is 46.5 Å². The van der Waals surface area contributed by atoms with Crippen LogP contribution in [0.5, 0.6) is 0 Å². The van der Waals surface area contributed by atoms with Crippen LogP contribution in [0.2, 0.25) is 0 Å². The molecule has 118 valence electrons. The first kappa shape index (κ1) is 14.9. The predicted molar refractivity (Wildman–Crippen MR) is 81.8 cm³/mol. The highest BCUT2D eigenvalue weighted by Gasteiger charge is 2.54. The van der Waals surface area contributed by atoms with E-state index in [1.54, 1.807) is 6.92 Å². The summed E-state index contributed by atoms with van der Waals surface area (Å²) in [6.07, 6.45) is 7.47. The number of aliphatic carboxylic acids is 1. The van der Waals surface area contributed by atoms with Crippen molar-refractivity contribution in [1.82, 2.24) is 0 Å². The lowest BCUT2D eigenvalue weighted by Gasteiger charge is -2.57. The van der Waals surface area contributed by atoms with E-state index in [0.717, 1.165) is 42.8 Å². The van der Waals surface area contributed by atoms with Crippen molar-refractivity contribution in [2.75, 3.05) is 0 Å². The van der Waals surface area contributed by atoms with E-state index in [1.807, 2.05) is 20.8 Å². The van der Waals surface area contributed by atoms with Crippen LogP contribution in [0.1, 0.15) is 66.2 Å². The molecule has 0 radical (unpaired) electrons. The summed E-state index contributed by atoms with van der Waals surface area (Å²) >= 11 is 0. The van der Waals surface area contributed by atoms with Gasteiger partial charge in [0, 0.05) is 5.41 Å². The van der Waals surface area contributed by atoms with E-state index >= 15 is 0 Å². The smallest absolute Gasteiger partial charge is 0.334 e. The minimum atomic E-state index is -0.829. The van der Waals surface area contributed by atoms with E-state index in [-0.39, 0.29) is 11.0 Å². The van der Waals surface area contributed by atoms with Crippen LogP contribution in [0.3, 0.4) is 0 Å². The van der Waals surface area contributed by atoms with Crippen LogP contribution in [-0.4, -0.2) is 16.7 Å². The number of rotatable bonds is 3. The van der Waals surface area contributed by atoms with Gasteiger partial charge in [0.05, 0.1) is 5.57 Å². The molecule has 0 unspecified atom stereocenters. The zero-order valence-electron chi connectivity index (χ0n) is 13.7. The summed E-state index contributed by atoms with van der Waals surface area (Å²) in [5.41, 5.74) is 0.0896. The molecule has 21 heavy (non-hydrogen) atoms. The molecular formula is C18H28O3. The van der Waals surface area contributed by atoms with Gasteiger partial charge in [0.1, 0.15) is 11.4 Å². The lowest BCUT2D eigenvalue weighted by molar-refractivity contribution is -0.134. The summed E-state index contributed by atoms with van der Waals surface area (Å²) in [6, 6.07) is 0. The van der Waals surface area contributed by atoms with Crippen molar-refractivity contribution in [2.24, 2.45) is 23.2 Å². The molecule has 0 aromatic heterocycles. The lowest BCUT2D eigenvalue weighted by atomic mass is 9.49. The molecule has 0 saturated heterocycles. The molecule has 0 aromatic carbocycles. The zero-order chi connectivity index (χ0) is 15.4. The zero-order valence-corrected chi connectivity index (χ0v) is 13.7. The van der Waals surface area contributed by atoms with Crippen LogP contribution >= 0.6 is 0 Å². The van der Waals surface area contributed by atoms with Crippen molar-refractivity contribution >= 4 is 5.97 Å². The van der Waals surface area contributed by atoms with E-state index < -0.39 is 5.97 Å². The molecule has 0 atom stereocenters. The third-order valence-electron chi connectivity index (χ3n) is 5.59. The fourth-order valence-electron chi connectivity index (χ4n) is 5.37. The molecule has 0 heterocycles.